The SMILES string of the molecule is CC=NC(C)CCC(=O)OCCCCCCOC(=O)CCC(C)(C)C#N. The first kappa shape index (κ1) is 24.1. The summed E-state index contributed by atoms with van der Waals surface area (Å²) in [5, 5.41) is 8.90. The fourth-order valence-corrected chi connectivity index (χ4v) is 2.20. The van der Waals surface area contributed by atoms with Crippen molar-refractivity contribution in [2.45, 2.75) is 85.1 Å². The van der Waals surface area contributed by atoms with E-state index in [-0.39, 0.29) is 24.4 Å². The molecule has 0 amide bonds. The van der Waals surface area contributed by atoms with Crippen LogP contribution in [-0.4, -0.2) is 37.4 Å². The maximum absolute atomic E-state index is 11.6. The van der Waals surface area contributed by atoms with Crippen molar-refractivity contribution in [1.82, 2.24) is 0 Å². The maximum atomic E-state index is 11.6. The summed E-state index contributed by atoms with van der Waals surface area (Å²) in [6, 6.07) is 2.32. The monoisotopic (exact) mass is 366 g/mol. The van der Waals surface area contributed by atoms with Gasteiger partial charge in [0.1, 0.15) is 0 Å². The van der Waals surface area contributed by atoms with Crippen molar-refractivity contribution in [2.24, 2.45) is 10.4 Å². The number of hydrogen-bond acceptors (Lipinski definition) is 6. The second-order valence-corrected chi connectivity index (χ2v) is 7.15. The summed E-state index contributed by atoms with van der Waals surface area (Å²) in [5.74, 6) is -0.415. The summed E-state index contributed by atoms with van der Waals surface area (Å²) in [6.45, 7) is 8.31. The lowest BCUT2D eigenvalue weighted by Gasteiger charge is -2.13. The summed E-state index contributed by atoms with van der Waals surface area (Å²) in [7, 11) is 0. The van der Waals surface area contributed by atoms with Gasteiger partial charge in [-0.1, -0.05) is 0 Å². The number of esters is 2. The molecule has 6 nitrogen and oxygen atoms in total. The Kier molecular flexibility index (Phi) is 13.2. The number of nitrogens with zero attached hydrogens (tertiary/aromatic N) is 2. The summed E-state index contributed by atoms with van der Waals surface area (Å²) in [5.41, 5.74) is -0.488. The minimum atomic E-state index is -0.488. The average molecular weight is 367 g/mol. The Labute approximate surface area is 158 Å². The fourth-order valence-electron chi connectivity index (χ4n) is 2.20. The van der Waals surface area contributed by atoms with E-state index in [0.29, 0.717) is 32.5 Å². The number of rotatable bonds is 14. The van der Waals surface area contributed by atoms with Crippen molar-refractivity contribution >= 4 is 18.2 Å². The first-order valence-electron chi connectivity index (χ1n) is 9.51. The number of carbonyl (C=O) groups excluding carboxylic acids is 2. The van der Waals surface area contributed by atoms with E-state index in [4.69, 9.17) is 14.7 Å². The highest BCUT2D eigenvalue weighted by Gasteiger charge is 2.18. The van der Waals surface area contributed by atoms with Crippen molar-refractivity contribution in [3.8, 4) is 6.07 Å². The van der Waals surface area contributed by atoms with Crippen LogP contribution in [0.25, 0.3) is 0 Å². The third-order valence-electron chi connectivity index (χ3n) is 3.99. The average Bonchev–Trinajstić information content (AvgIpc) is 2.60. The van der Waals surface area contributed by atoms with Crippen LogP contribution in [0.1, 0.15) is 79.1 Å². The van der Waals surface area contributed by atoms with Gasteiger partial charge in [0.05, 0.1) is 24.7 Å². The molecule has 0 heterocycles. The van der Waals surface area contributed by atoms with Gasteiger partial charge in [-0.25, -0.2) is 0 Å². The van der Waals surface area contributed by atoms with Gasteiger partial charge in [-0.05, 0) is 72.4 Å². The molecule has 0 aliphatic carbocycles. The van der Waals surface area contributed by atoms with Gasteiger partial charge < -0.3 is 9.47 Å². The Morgan fingerprint density at radius 3 is 2.12 bits per heavy atom. The van der Waals surface area contributed by atoms with E-state index in [2.05, 4.69) is 11.1 Å². The molecule has 0 aromatic heterocycles. The van der Waals surface area contributed by atoms with E-state index in [1.54, 1.807) is 6.21 Å². The van der Waals surface area contributed by atoms with Crippen LogP contribution in [0.3, 0.4) is 0 Å². The molecule has 148 valence electrons. The normalized spacial score (nSPS) is 12.6. The van der Waals surface area contributed by atoms with Crippen LogP contribution in [0.4, 0.5) is 0 Å². The third-order valence-corrected chi connectivity index (χ3v) is 3.99. The molecular weight excluding hydrogens is 332 g/mol. The van der Waals surface area contributed by atoms with Crippen molar-refractivity contribution in [1.29, 1.82) is 5.26 Å². The Bertz CT molecular complexity index is 481. The number of aliphatic imine (C=N–C) groups is 1. The van der Waals surface area contributed by atoms with Crippen LogP contribution in [0.2, 0.25) is 0 Å². The first-order chi connectivity index (χ1) is 12.3. The molecular formula is C20H34N2O4. The minimum Gasteiger partial charge on any atom is -0.466 e. The highest BCUT2D eigenvalue weighted by molar-refractivity contribution is 5.69. The summed E-state index contributed by atoms with van der Waals surface area (Å²) < 4.78 is 10.3. The predicted octanol–water partition coefficient (Wildman–Crippen LogP) is 4.22. The molecule has 0 aliphatic heterocycles. The van der Waals surface area contributed by atoms with Crippen LogP contribution in [0, 0.1) is 16.7 Å². The molecule has 0 rings (SSSR count). The van der Waals surface area contributed by atoms with E-state index in [1.165, 1.54) is 0 Å². The van der Waals surface area contributed by atoms with E-state index < -0.39 is 5.41 Å². The van der Waals surface area contributed by atoms with Gasteiger partial charge in [0.25, 0.3) is 0 Å². The summed E-state index contributed by atoms with van der Waals surface area (Å²) in [6.07, 6.45) is 7.12. The van der Waals surface area contributed by atoms with E-state index in [0.717, 1.165) is 25.7 Å². The standard InChI is InChI=1S/C20H34N2O4/c1-5-22-17(2)10-11-18(23)25-14-8-6-7-9-15-26-19(24)12-13-20(3,4)16-21/h5,17H,6-15H2,1-4H3. The summed E-state index contributed by atoms with van der Waals surface area (Å²) in [4.78, 5) is 27.3. The van der Waals surface area contributed by atoms with Crippen molar-refractivity contribution in [2.75, 3.05) is 13.2 Å². The van der Waals surface area contributed by atoms with Gasteiger partial charge in [-0.15, -0.1) is 0 Å². The number of hydrogen-bond donors (Lipinski definition) is 0. The number of ether oxygens (including phenoxy) is 2. The van der Waals surface area contributed by atoms with Gasteiger partial charge in [0, 0.05) is 18.9 Å². The van der Waals surface area contributed by atoms with Crippen LogP contribution in [0.15, 0.2) is 4.99 Å². The van der Waals surface area contributed by atoms with Crippen molar-refractivity contribution in [3.05, 3.63) is 0 Å². The zero-order chi connectivity index (χ0) is 19.8. The second-order valence-electron chi connectivity index (χ2n) is 7.15. The molecule has 26 heavy (non-hydrogen) atoms. The van der Waals surface area contributed by atoms with E-state index in [1.807, 2.05) is 27.7 Å². The first-order valence-corrected chi connectivity index (χ1v) is 9.51. The molecule has 0 aliphatic rings. The van der Waals surface area contributed by atoms with Gasteiger partial charge in [0.15, 0.2) is 0 Å². The van der Waals surface area contributed by atoms with E-state index >= 15 is 0 Å². The summed E-state index contributed by atoms with van der Waals surface area (Å²) >= 11 is 0. The Morgan fingerprint density at radius 1 is 1.08 bits per heavy atom. The quantitative estimate of drug-likeness (QED) is 0.261. The molecule has 0 radical (unpaired) electrons. The molecule has 1 unspecified atom stereocenters. The molecule has 0 aromatic rings. The molecule has 0 saturated heterocycles. The van der Waals surface area contributed by atoms with Gasteiger partial charge in [0.2, 0.25) is 0 Å². The van der Waals surface area contributed by atoms with Crippen LogP contribution in [-0.2, 0) is 19.1 Å². The largest absolute Gasteiger partial charge is 0.466 e. The lowest BCUT2D eigenvalue weighted by atomic mass is 9.90. The Hall–Kier alpha value is -1.90. The molecule has 1 atom stereocenters. The number of carbonyl (C=O) groups is 2. The molecule has 0 fully saturated rings. The number of unbranched alkanes of at least 4 members (excludes halogenated alkanes) is 3. The lowest BCUT2D eigenvalue weighted by molar-refractivity contribution is -0.145. The molecule has 0 N–H and O–H groups in total. The highest BCUT2D eigenvalue weighted by atomic mass is 16.5. The predicted molar refractivity (Wildman–Crippen MR) is 102 cm³/mol. The van der Waals surface area contributed by atoms with Crippen LogP contribution >= 0.6 is 0 Å². The topological polar surface area (TPSA) is 88.8 Å². The van der Waals surface area contributed by atoms with Crippen molar-refractivity contribution < 1.29 is 19.1 Å². The Morgan fingerprint density at radius 2 is 1.62 bits per heavy atom. The fraction of sp³-hybridized carbons (Fsp3) is 0.800. The Balaban J connectivity index is 3.50. The third kappa shape index (κ3) is 14.4. The van der Waals surface area contributed by atoms with Crippen LogP contribution < -0.4 is 0 Å². The number of nitriles is 1. The maximum Gasteiger partial charge on any atom is 0.305 e. The molecule has 0 bridgehead atoms. The molecule has 6 heteroatoms. The molecule has 0 saturated carbocycles. The zero-order valence-corrected chi connectivity index (χ0v) is 16.8. The van der Waals surface area contributed by atoms with Gasteiger partial charge in [-0.3, -0.25) is 14.6 Å². The van der Waals surface area contributed by atoms with Crippen molar-refractivity contribution in [3.63, 3.8) is 0 Å². The minimum absolute atomic E-state index is 0.154. The highest BCUT2D eigenvalue weighted by Crippen LogP contribution is 2.20. The van der Waals surface area contributed by atoms with Gasteiger partial charge >= 0.3 is 11.9 Å². The van der Waals surface area contributed by atoms with Gasteiger partial charge in [-0.2, -0.15) is 5.26 Å². The smallest absolute Gasteiger partial charge is 0.305 e. The van der Waals surface area contributed by atoms with E-state index in [9.17, 15) is 9.59 Å². The second kappa shape index (κ2) is 14.3. The molecule has 0 spiro atoms. The molecule has 0 aromatic carbocycles. The lowest BCUT2D eigenvalue weighted by Crippen LogP contribution is -2.13. The van der Waals surface area contributed by atoms with Crippen LogP contribution in [0.5, 0.6) is 0 Å². The zero-order valence-electron chi connectivity index (χ0n) is 16.8.